The van der Waals surface area contributed by atoms with Crippen molar-refractivity contribution in [1.82, 2.24) is 4.98 Å². The first kappa shape index (κ1) is 16.4. The molecule has 1 aromatic heterocycles. The topological polar surface area (TPSA) is 77.3 Å². The normalized spacial score (nSPS) is 15.2. The van der Waals surface area contributed by atoms with E-state index in [2.05, 4.69) is 10.3 Å². The average Bonchev–Trinajstić information content (AvgIpc) is 2.62. The Balaban J connectivity index is 1.59. The van der Waals surface area contributed by atoms with Crippen molar-refractivity contribution in [3.8, 4) is 0 Å². The number of nitrogens with zero attached hydrogens (tertiary/aromatic N) is 2. The number of aromatic nitrogens is 1. The van der Waals surface area contributed by atoms with Crippen molar-refractivity contribution in [3.05, 3.63) is 58.3 Å². The van der Waals surface area contributed by atoms with Gasteiger partial charge in [0, 0.05) is 11.8 Å². The Morgan fingerprint density at radius 1 is 1.21 bits per heavy atom. The molecule has 1 aromatic carbocycles. The maximum absolute atomic E-state index is 10.6. The third-order valence-electron chi connectivity index (χ3n) is 4.20. The van der Waals surface area contributed by atoms with Gasteiger partial charge >= 0.3 is 0 Å². The highest BCUT2D eigenvalue weighted by Gasteiger charge is 2.13. The van der Waals surface area contributed by atoms with E-state index in [4.69, 9.17) is 4.74 Å². The Hall–Kier alpha value is -2.47. The second kappa shape index (κ2) is 7.88. The summed E-state index contributed by atoms with van der Waals surface area (Å²) in [5.41, 5.74) is 1.98. The number of nitrogens with one attached hydrogen (secondary N) is 1. The molecule has 24 heavy (non-hydrogen) atoms. The third-order valence-corrected chi connectivity index (χ3v) is 4.20. The monoisotopic (exact) mass is 327 g/mol. The molecule has 2 aromatic rings. The maximum atomic E-state index is 10.6. The first-order valence-electron chi connectivity index (χ1n) is 8.29. The van der Waals surface area contributed by atoms with E-state index in [9.17, 15) is 10.1 Å². The molecule has 1 saturated carbocycles. The van der Waals surface area contributed by atoms with Crippen molar-refractivity contribution in [2.75, 3.05) is 5.32 Å². The van der Waals surface area contributed by atoms with Gasteiger partial charge in [-0.05, 0) is 36.6 Å². The minimum atomic E-state index is -0.458. The molecule has 0 spiro atoms. The van der Waals surface area contributed by atoms with E-state index in [1.807, 2.05) is 24.3 Å². The molecule has 3 rings (SSSR count). The zero-order valence-electron chi connectivity index (χ0n) is 13.5. The lowest BCUT2D eigenvalue weighted by Crippen LogP contribution is -2.16. The van der Waals surface area contributed by atoms with Crippen LogP contribution in [0.2, 0.25) is 0 Å². The van der Waals surface area contributed by atoms with Crippen molar-refractivity contribution in [2.24, 2.45) is 0 Å². The van der Waals surface area contributed by atoms with E-state index in [1.165, 1.54) is 31.5 Å². The fraction of sp³-hybridized carbons (Fsp3) is 0.389. The second-order valence-corrected chi connectivity index (χ2v) is 6.06. The Bertz CT molecular complexity index is 682. The quantitative estimate of drug-likeness (QED) is 0.620. The molecule has 126 valence electrons. The number of hydrogen-bond acceptors (Lipinski definition) is 5. The zero-order valence-corrected chi connectivity index (χ0v) is 13.5. The predicted octanol–water partition coefficient (Wildman–Crippen LogP) is 4.58. The van der Waals surface area contributed by atoms with Gasteiger partial charge in [0.2, 0.25) is 0 Å². The van der Waals surface area contributed by atoms with Gasteiger partial charge in [-0.1, -0.05) is 31.4 Å². The zero-order chi connectivity index (χ0) is 16.8. The summed E-state index contributed by atoms with van der Waals surface area (Å²) >= 11 is 0. The Kier molecular flexibility index (Phi) is 5.38. The van der Waals surface area contributed by atoms with Crippen LogP contribution in [0.3, 0.4) is 0 Å². The van der Waals surface area contributed by atoms with Crippen molar-refractivity contribution in [3.63, 3.8) is 0 Å². The molecule has 0 atom stereocenters. The van der Waals surface area contributed by atoms with Gasteiger partial charge in [-0.15, -0.1) is 0 Å². The van der Waals surface area contributed by atoms with Gasteiger partial charge in [0.15, 0.2) is 0 Å². The minimum Gasteiger partial charge on any atom is -0.374 e. The molecule has 6 heteroatoms. The van der Waals surface area contributed by atoms with Gasteiger partial charge in [-0.3, -0.25) is 10.1 Å². The first-order valence-corrected chi connectivity index (χ1v) is 8.29. The lowest BCUT2D eigenvalue weighted by atomic mass is 9.98. The molecular formula is C18H21N3O3. The van der Waals surface area contributed by atoms with Crippen molar-refractivity contribution in [2.45, 2.75) is 44.8 Å². The van der Waals surface area contributed by atoms with Gasteiger partial charge in [0.25, 0.3) is 5.69 Å². The van der Waals surface area contributed by atoms with Gasteiger partial charge in [0.05, 0.1) is 17.6 Å². The SMILES string of the molecule is O=[N+]([O-])c1ccc(Nc2cccc(COC3CCCCC3)c2)nc1. The Labute approximate surface area is 141 Å². The van der Waals surface area contributed by atoms with Crippen molar-refractivity contribution < 1.29 is 9.66 Å². The fourth-order valence-electron chi connectivity index (χ4n) is 2.90. The van der Waals surface area contributed by atoms with Crippen LogP contribution in [-0.2, 0) is 11.3 Å². The largest absolute Gasteiger partial charge is 0.374 e. The highest BCUT2D eigenvalue weighted by Crippen LogP contribution is 2.23. The van der Waals surface area contributed by atoms with Gasteiger partial charge in [0.1, 0.15) is 12.0 Å². The predicted molar refractivity (Wildman–Crippen MR) is 92.3 cm³/mol. The number of ether oxygens (including phenoxy) is 1. The van der Waals surface area contributed by atoms with Crippen LogP contribution in [-0.4, -0.2) is 16.0 Å². The summed E-state index contributed by atoms with van der Waals surface area (Å²) in [7, 11) is 0. The number of nitro groups is 1. The Morgan fingerprint density at radius 2 is 2.04 bits per heavy atom. The molecule has 0 unspecified atom stereocenters. The standard InChI is InChI=1S/C18H21N3O3/c22-21(23)16-9-10-18(19-12-16)20-15-6-4-5-14(11-15)13-24-17-7-2-1-3-8-17/h4-6,9-12,17H,1-3,7-8,13H2,(H,19,20). The van der Waals surface area contributed by atoms with E-state index in [0.29, 0.717) is 18.5 Å². The minimum absolute atomic E-state index is 0.0183. The lowest BCUT2D eigenvalue weighted by molar-refractivity contribution is -0.385. The summed E-state index contributed by atoms with van der Waals surface area (Å²) < 4.78 is 6.00. The maximum Gasteiger partial charge on any atom is 0.287 e. The van der Waals surface area contributed by atoms with Crippen LogP contribution >= 0.6 is 0 Å². The number of pyridine rings is 1. The smallest absolute Gasteiger partial charge is 0.287 e. The van der Waals surface area contributed by atoms with E-state index in [-0.39, 0.29) is 5.69 Å². The average molecular weight is 327 g/mol. The van der Waals surface area contributed by atoms with E-state index >= 15 is 0 Å². The fourth-order valence-corrected chi connectivity index (χ4v) is 2.90. The number of benzene rings is 1. The molecule has 1 aliphatic carbocycles. The summed E-state index contributed by atoms with van der Waals surface area (Å²) in [6, 6.07) is 11.0. The molecule has 0 saturated heterocycles. The Morgan fingerprint density at radius 3 is 2.75 bits per heavy atom. The van der Waals surface area contributed by atoms with Crippen LogP contribution in [0.5, 0.6) is 0 Å². The molecule has 1 N–H and O–H groups in total. The first-order chi connectivity index (χ1) is 11.7. The molecule has 6 nitrogen and oxygen atoms in total. The van der Waals surface area contributed by atoms with Crippen LogP contribution < -0.4 is 5.32 Å². The van der Waals surface area contributed by atoms with Crippen LogP contribution in [0.25, 0.3) is 0 Å². The molecule has 0 aliphatic heterocycles. The number of anilines is 2. The van der Waals surface area contributed by atoms with Crippen LogP contribution in [0.4, 0.5) is 17.2 Å². The van der Waals surface area contributed by atoms with E-state index < -0.39 is 4.92 Å². The van der Waals surface area contributed by atoms with Crippen molar-refractivity contribution in [1.29, 1.82) is 0 Å². The molecular weight excluding hydrogens is 306 g/mol. The summed E-state index contributed by atoms with van der Waals surface area (Å²) in [5, 5.41) is 13.8. The summed E-state index contributed by atoms with van der Waals surface area (Å²) in [6.45, 7) is 0.605. The lowest BCUT2D eigenvalue weighted by Gasteiger charge is -2.22. The third kappa shape index (κ3) is 4.52. The molecule has 1 fully saturated rings. The van der Waals surface area contributed by atoms with E-state index in [0.717, 1.165) is 24.1 Å². The molecule has 0 bridgehead atoms. The molecule has 1 aliphatic rings. The van der Waals surface area contributed by atoms with Gasteiger partial charge < -0.3 is 10.1 Å². The summed E-state index contributed by atoms with van der Waals surface area (Å²) in [4.78, 5) is 14.3. The van der Waals surface area contributed by atoms with Crippen LogP contribution in [0.1, 0.15) is 37.7 Å². The van der Waals surface area contributed by atoms with Crippen LogP contribution in [0.15, 0.2) is 42.6 Å². The highest BCUT2D eigenvalue weighted by atomic mass is 16.6. The molecule has 0 radical (unpaired) electrons. The van der Waals surface area contributed by atoms with Gasteiger partial charge in [-0.2, -0.15) is 0 Å². The van der Waals surface area contributed by atoms with Crippen LogP contribution in [0, 0.1) is 10.1 Å². The highest BCUT2D eigenvalue weighted by molar-refractivity contribution is 5.57. The number of hydrogen-bond donors (Lipinski definition) is 1. The second-order valence-electron chi connectivity index (χ2n) is 6.06. The summed E-state index contributed by atoms with van der Waals surface area (Å²) in [5.74, 6) is 0.575. The molecule has 0 amide bonds. The van der Waals surface area contributed by atoms with Crippen molar-refractivity contribution >= 4 is 17.2 Å². The summed E-state index contributed by atoms with van der Waals surface area (Å²) in [6.07, 6.45) is 7.79. The molecule has 1 heterocycles. The van der Waals surface area contributed by atoms with E-state index in [1.54, 1.807) is 6.07 Å². The number of rotatable bonds is 6. The van der Waals surface area contributed by atoms with Gasteiger partial charge in [-0.25, -0.2) is 4.98 Å².